The Balaban J connectivity index is 2.31. The molecule has 0 bridgehead atoms. The lowest BCUT2D eigenvalue weighted by Gasteiger charge is -2.04. The summed E-state index contributed by atoms with van der Waals surface area (Å²) in [4.78, 5) is 12.5. The molecule has 0 unspecified atom stereocenters. The first-order valence-electron chi connectivity index (χ1n) is 5.76. The van der Waals surface area contributed by atoms with Gasteiger partial charge in [0.2, 0.25) is 5.43 Å². The van der Waals surface area contributed by atoms with Crippen LogP contribution >= 0.6 is 27.5 Å². The second kappa shape index (κ2) is 4.96. The molecule has 5 heteroatoms. The second-order valence-electron chi connectivity index (χ2n) is 4.29. The highest BCUT2D eigenvalue weighted by Gasteiger charge is 2.11. The monoisotopic (exact) mass is 350 g/mol. The van der Waals surface area contributed by atoms with Gasteiger partial charge in [-0.1, -0.05) is 39.7 Å². The smallest absolute Gasteiger partial charge is 0.200 e. The molecule has 3 nitrogen and oxygen atoms in total. The third-order valence-corrected chi connectivity index (χ3v) is 3.77. The molecular formula is C15H8BrClO3. The SMILES string of the molecule is O=c1c(-c2cccc(Br)c2)coc2cc(O)c(Cl)cc12. The summed E-state index contributed by atoms with van der Waals surface area (Å²) in [5, 5.41) is 9.99. The largest absolute Gasteiger partial charge is 0.506 e. The summed E-state index contributed by atoms with van der Waals surface area (Å²) >= 11 is 9.21. The van der Waals surface area contributed by atoms with E-state index in [0.29, 0.717) is 16.5 Å². The van der Waals surface area contributed by atoms with Crippen molar-refractivity contribution >= 4 is 38.5 Å². The molecule has 1 N–H and O–H groups in total. The van der Waals surface area contributed by atoms with E-state index in [-0.39, 0.29) is 16.2 Å². The van der Waals surface area contributed by atoms with Gasteiger partial charge in [0.05, 0.1) is 16.0 Å². The quantitative estimate of drug-likeness (QED) is 0.698. The van der Waals surface area contributed by atoms with E-state index in [1.807, 2.05) is 24.3 Å². The first-order valence-corrected chi connectivity index (χ1v) is 6.93. The van der Waals surface area contributed by atoms with Crippen LogP contribution in [0.4, 0.5) is 0 Å². The minimum Gasteiger partial charge on any atom is -0.506 e. The Morgan fingerprint density at radius 2 is 2.00 bits per heavy atom. The van der Waals surface area contributed by atoms with E-state index in [1.54, 1.807) is 0 Å². The van der Waals surface area contributed by atoms with Gasteiger partial charge in [-0.15, -0.1) is 0 Å². The van der Waals surface area contributed by atoms with Crippen LogP contribution in [0.5, 0.6) is 5.75 Å². The molecule has 20 heavy (non-hydrogen) atoms. The Kier molecular flexibility index (Phi) is 3.28. The van der Waals surface area contributed by atoms with Crippen molar-refractivity contribution < 1.29 is 9.52 Å². The summed E-state index contributed by atoms with van der Waals surface area (Å²) < 4.78 is 6.29. The topological polar surface area (TPSA) is 50.4 Å². The van der Waals surface area contributed by atoms with Crippen molar-refractivity contribution in [1.82, 2.24) is 0 Å². The van der Waals surface area contributed by atoms with Crippen molar-refractivity contribution in [2.75, 3.05) is 0 Å². The van der Waals surface area contributed by atoms with Crippen molar-refractivity contribution in [3.63, 3.8) is 0 Å². The molecule has 0 amide bonds. The highest BCUT2D eigenvalue weighted by molar-refractivity contribution is 9.10. The zero-order valence-electron chi connectivity index (χ0n) is 10.1. The number of fused-ring (bicyclic) bond motifs is 1. The van der Waals surface area contributed by atoms with Gasteiger partial charge in [-0.05, 0) is 23.8 Å². The van der Waals surface area contributed by atoms with E-state index in [2.05, 4.69) is 15.9 Å². The highest BCUT2D eigenvalue weighted by atomic mass is 79.9. The summed E-state index contributed by atoms with van der Waals surface area (Å²) in [6.45, 7) is 0. The maximum Gasteiger partial charge on any atom is 0.200 e. The summed E-state index contributed by atoms with van der Waals surface area (Å²) in [5.41, 5.74) is 1.31. The van der Waals surface area contributed by atoms with Crippen LogP contribution in [0.1, 0.15) is 0 Å². The number of phenols is 1. The Bertz CT molecular complexity index is 871. The maximum absolute atomic E-state index is 12.5. The number of aromatic hydroxyl groups is 1. The lowest BCUT2D eigenvalue weighted by atomic mass is 10.1. The number of benzene rings is 2. The molecule has 0 atom stereocenters. The van der Waals surface area contributed by atoms with E-state index in [0.717, 1.165) is 10.0 Å². The summed E-state index contributed by atoms with van der Waals surface area (Å²) in [7, 11) is 0. The standard InChI is InChI=1S/C15H8BrClO3/c16-9-3-1-2-8(4-9)11-7-20-14-6-13(18)12(17)5-10(14)15(11)19/h1-7,18H. The van der Waals surface area contributed by atoms with Crippen LogP contribution in [0.15, 0.2) is 56.3 Å². The molecule has 0 radical (unpaired) electrons. The molecule has 2 aromatic carbocycles. The van der Waals surface area contributed by atoms with E-state index in [9.17, 15) is 9.90 Å². The van der Waals surface area contributed by atoms with Gasteiger partial charge < -0.3 is 9.52 Å². The minimum atomic E-state index is -0.189. The fraction of sp³-hybridized carbons (Fsp3) is 0. The maximum atomic E-state index is 12.5. The van der Waals surface area contributed by atoms with Crippen LogP contribution in [0, 0.1) is 0 Å². The van der Waals surface area contributed by atoms with Crippen LogP contribution < -0.4 is 5.43 Å². The molecule has 0 saturated carbocycles. The van der Waals surface area contributed by atoms with Crippen molar-refractivity contribution in [3.05, 3.63) is 62.4 Å². The lowest BCUT2D eigenvalue weighted by Crippen LogP contribution is -2.04. The zero-order valence-corrected chi connectivity index (χ0v) is 12.4. The molecule has 1 aromatic heterocycles. The normalized spacial score (nSPS) is 10.9. The Morgan fingerprint density at radius 1 is 1.20 bits per heavy atom. The minimum absolute atomic E-state index is 0.113. The van der Waals surface area contributed by atoms with Gasteiger partial charge in [-0.2, -0.15) is 0 Å². The molecule has 1 heterocycles. The van der Waals surface area contributed by atoms with Crippen LogP contribution in [0.25, 0.3) is 22.1 Å². The first-order chi connectivity index (χ1) is 9.56. The lowest BCUT2D eigenvalue weighted by molar-refractivity contribution is 0.474. The molecule has 0 aliphatic heterocycles. The van der Waals surface area contributed by atoms with Crippen molar-refractivity contribution in [2.45, 2.75) is 0 Å². The highest BCUT2D eigenvalue weighted by Crippen LogP contribution is 2.29. The van der Waals surface area contributed by atoms with Gasteiger partial charge in [0.15, 0.2) is 0 Å². The predicted octanol–water partition coefficient (Wildman–Crippen LogP) is 4.58. The first kappa shape index (κ1) is 13.2. The summed E-state index contributed by atoms with van der Waals surface area (Å²) in [6.07, 6.45) is 1.39. The van der Waals surface area contributed by atoms with Crippen LogP contribution in [-0.2, 0) is 0 Å². The van der Waals surface area contributed by atoms with Gasteiger partial charge in [0.25, 0.3) is 0 Å². The fourth-order valence-electron chi connectivity index (χ4n) is 1.99. The summed E-state index contributed by atoms with van der Waals surface area (Å²) in [5.74, 6) is -0.113. The fourth-order valence-corrected chi connectivity index (χ4v) is 2.56. The molecule has 3 rings (SSSR count). The van der Waals surface area contributed by atoms with Gasteiger partial charge in [0.1, 0.15) is 17.6 Å². The molecule has 0 saturated heterocycles. The van der Waals surface area contributed by atoms with Crippen molar-refractivity contribution in [3.8, 4) is 16.9 Å². The molecule has 0 fully saturated rings. The number of halogens is 2. The molecular weight excluding hydrogens is 344 g/mol. The van der Waals surface area contributed by atoms with Crippen LogP contribution in [0.3, 0.4) is 0 Å². The van der Waals surface area contributed by atoms with Gasteiger partial charge in [-0.3, -0.25) is 4.79 Å². The van der Waals surface area contributed by atoms with E-state index >= 15 is 0 Å². The average molecular weight is 352 g/mol. The van der Waals surface area contributed by atoms with Crippen molar-refractivity contribution in [1.29, 1.82) is 0 Å². The number of hydrogen-bond donors (Lipinski definition) is 1. The predicted molar refractivity (Wildman–Crippen MR) is 82.3 cm³/mol. The molecule has 100 valence electrons. The van der Waals surface area contributed by atoms with Gasteiger partial charge >= 0.3 is 0 Å². The van der Waals surface area contributed by atoms with Crippen LogP contribution in [-0.4, -0.2) is 5.11 Å². The Hall–Kier alpha value is -1.78. The second-order valence-corrected chi connectivity index (χ2v) is 5.61. The third-order valence-electron chi connectivity index (χ3n) is 2.98. The number of rotatable bonds is 1. The van der Waals surface area contributed by atoms with Crippen LogP contribution in [0.2, 0.25) is 5.02 Å². The number of hydrogen-bond acceptors (Lipinski definition) is 3. The average Bonchev–Trinajstić information content (AvgIpc) is 2.41. The molecule has 0 aliphatic carbocycles. The summed E-state index contributed by atoms with van der Waals surface area (Å²) in [6, 6.07) is 10.1. The zero-order chi connectivity index (χ0) is 14.3. The van der Waals surface area contributed by atoms with Gasteiger partial charge in [-0.25, -0.2) is 0 Å². The Labute approximate surface area is 127 Å². The van der Waals surface area contributed by atoms with E-state index in [4.69, 9.17) is 16.0 Å². The molecule has 3 aromatic rings. The third kappa shape index (κ3) is 2.21. The van der Waals surface area contributed by atoms with E-state index < -0.39 is 0 Å². The molecule has 0 spiro atoms. The molecule has 0 aliphatic rings. The van der Waals surface area contributed by atoms with Gasteiger partial charge in [0, 0.05) is 10.5 Å². The van der Waals surface area contributed by atoms with Crippen molar-refractivity contribution in [2.24, 2.45) is 0 Å². The Morgan fingerprint density at radius 3 is 2.75 bits per heavy atom. The number of phenolic OH excluding ortho intramolecular Hbond substituents is 1. The van der Waals surface area contributed by atoms with E-state index in [1.165, 1.54) is 18.4 Å².